The Hall–Kier alpha value is -3.27. The molecule has 1 amide bonds. The second-order valence-corrected chi connectivity index (χ2v) is 6.75. The van der Waals surface area contributed by atoms with Crippen LogP contribution in [-0.2, 0) is 4.79 Å². The van der Waals surface area contributed by atoms with Crippen molar-refractivity contribution in [3.05, 3.63) is 41.6 Å². The summed E-state index contributed by atoms with van der Waals surface area (Å²) >= 11 is 6.31. The van der Waals surface area contributed by atoms with E-state index in [1.165, 1.54) is 13.1 Å². The molecular weight excluding hydrogens is 409 g/mol. The van der Waals surface area contributed by atoms with Gasteiger partial charge in [0, 0.05) is 22.7 Å². The molecule has 3 aromatic heterocycles. The van der Waals surface area contributed by atoms with E-state index in [4.69, 9.17) is 11.6 Å². The molecule has 4 rings (SSSR count). The number of hydrogen-bond acceptors (Lipinski definition) is 4. The highest BCUT2D eigenvalue weighted by Crippen LogP contribution is 2.41. The number of benzene rings is 1. The Morgan fingerprint density at radius 2 is 2.10 bits per heavy atom. The summed E-state index contributed by atoms with van der Waals surface area (Å²) in [6.07, 6.45) is 2.52. The molecule has 1 aromatic carbocycles. The number of nitrogens with zero attached hydrogens (tertiary/aromatic N) is 3. The lowest BCUT2D eigenvalue weighted by atomic mass is 10.0. The summed E-state index contributed by atoms with van der Waals surface area (Å²) in [6.45, 7) is 1.24. The molecule has 0 radical (unpaired) electrons. The monoisotopic (exact) mass is 422 g/mol. The Labute approximate surface area is 166 Å². The molecule has 11 heteroatoms. The van der Waals surface area contributed by atoms with Gasteiger partial charge in [-0.25, -0.2) is 18.2 Å². The van der Waals surface area contributed by atoms with Gasteiger partial charge >= 0.3 is 0 Å². The van der Waals surface area contributed by atoms with Gasteiger partial charge in [0.2, 0.25) is 6.41 Å². The fraction of sp³-hybridized carbons (Fsp3) is 0.167. The van der Waals surface area contributed by atoms with Crippen LogP contribution in [0.2, 0.25) is 5.02 Å². The Morgan fingerprint density at radius 1 is 1.31 bits per heavy atom. The highest BCUT2D eigenvalue weighted by molar-refractivity contribution is 6.36. The van der Waals surface area contributed by atoms with E-state index in [1.807, 2.05) is 0 Å². The topological polar surface area (TPSA) is 87.1 Å². The van der Waals surface area contributed by atoms with E-state index < -0.39 is 18.3 Å². The minimum atomic E-state index is -2.69. The van der Waals surface area contributed by atoms with Gasteiger partial charge in [-0.2, -0.15) is 5.10 Å². The van der Waals surface area contributed by atoms with Gasteiger partial charge in [-0.1, -0.05) is 11.6 Å². The van der Waals surface area contributed by atoms with E-state index in [0.29, 0.717) is 34.4 Å². The number of anilines is 2. The molecule has 0 spiro atoms. The lowest BCUT2D eigenvalue weighted by Crippen LogP contribution is -2.24. The zero-order valence-electron chi connectivity index (χ0n) is 14.9. The van der Waals surface area contributed by atoms with E-state index in [1.54, 1.807) is 28.9 Å². The molecule has 29 heavy (non-hydrogen) atoms. The van der Waals surface area contributed by atoms with Gasteiger partial charge in [-0.15, -0.1) is 0 Å². The molecular formula is C18H14ClF3N6O. The van der Waals surface area contributed by atoms with Crippen molar-refractivity contribution in [2.45, 2.75) is 19.4 Å². The lowest BCUT2D eigenvalue weighted by molar-refractivity contribution is -0.105. The van der Waals surface area contributed by atoms with Crippen molar-refractivity contribution in [3.8, 4) is 11.1 Å². The fourth-order valence-corrected chi connectivity index (χ4v) is 3.40. The molecule has 0 saturated heterocycles. The molecule has 0 aliphatic carbocycles. The third-order valence-corrected chi connectivity index (χ3v) is 4.84. The molecule has 4 aromatic rings. The third-order valence-electron chi connectivity index (χ3n) is 4.49. The first-order valence-corrected chi connectivity index (χ1v) is 8.86. The van der Waals surface area contributed by atoms with Crippen molar-refractivity contribution < 1.29 is 18.0 Å². The highest BCUT2D eigenvalue weighted by atomic mass is 35.5. The Bertz CT molecular complexity index is 1220. The van der Waals surface area contributed by atoms with Gasteiger partial charge in [0.1, 0.15) is 5.65 Å². The van der Waals surface area contributed by atoms with Gasteiger partial charge < -0.3 is 15.0 Å². The molecule has 3 N–H and O–H groups in total. The molecule has 0 aliphatic heterocycles. The number of alkyl halides is 2. The number of nitrogens with one attached hydrogen (secondary N) is 3. The number of imidazole rings is 1. The zero-order valence-corrected chi connectivity index (χ0v) is 15.6. The van der Waals surface area contributed by atoms with Crippen molar-refractivity contribution in [1.29, 1.82) is 0 Å². The van der Waals surface area contributed by atoms with Gasteiger partial charge in [0.25, 0.3) is 6.43 Å². The lowest BCUT2D eigenvalue weighted by Gasteiger charge is -2.18. The number of carbonyl (C=O) groups excluding carboxylic acids is 1. The molecule has 1 unspecified atom stereocenters. The molecule has 0 saturated carbocycles. The van der Waals surface area contributed by atoms with Crippen molar-refractivity contribution in [2.75, 3.05) is 10.6 Å². The average molecular weight is 423 g/mol. The number of hydrogen-bond donors (Lipinski definition) is 3. The maximum atomic E-state index is 15.0. The summed E-state index contributed by atoms with van der Waals surface area (Å²) in [7, 11) is 0. The maximum Gasteiger partial charge on any atom is 0.258 e. The Kier molecular flexibility index (Phi) is 4.79. The highest BCUT2D eigenvalue weighted by Gasteiger charge is 2.24. The number of fused-ring (bicyclic) bond motifs is 2. The van der Waals surface area contributed by atoms with Crippen LogP contribution in [0.3, 0.4) is 0 Å². The van der Waals surface area contributed by atoms with Crippen molar-refractivity contribution >= 4 is 46.1 Å². The summed E-state index contributed by atoms with van der Waals surface area (Å²) in [4.78, 5) is 14.8. The SMILES string of the molecule is CC(Nc1c(F)c(Cl)c(-c2ccc3nc(NC=O)cn3c2)c2cn[nH]c12)C(F)F. The van der Waals surface area contributed by atoms with E-state index >= 15 is 4.39 Å². The summed E-state index contributed by atoms with van der Waals surface area (Å²) in [5.41, 5.74) is 1.52. The van der Waals surface area contributed by atoms with Gasteiger partial charge in [-0.05, 0) is 19.1 Å². The smallest absolute Gasteiger partial charge is 0.258 e. The van der Waals surface area contributed by atoms with Crippen LogP contribution in [-0.4, -0.2) is 38.5 Å². The molecule has 0 bridgehead atoms. The van der Waals surface area contributed by atoms with Crippen LogP contribution in [0.1, 0.15) is 6.92 Å². The standard InChI is InChI=1S/C18H14ClF3N6O/c1-8(18(21)22)25-17-15(20)14(19)13(10-4-24-27-16(10)17)9-2-3-12-26-11(23-7-29)6-28(12)5-9/h2-8,18,25H,1H3,(H,23,29)(H,24,27). The first kappa shape index (κ1) is 19.1. The second-order valence-electron chi connectivity index (χ2n) is 6.38. The minimum absolute atomic E-state index is 0.166. The number of H-pyrrole nitrogens is 1. The number of aromatic amines is 1. The van der Waals surface area contributed by atoms with E-state index in [9.17, 15) is 13.6 Å². The first-order valence-electron chi connectivity index (χ1n) is 8.48. The van der Waals surface area contributed by atoms with Crippen LogP contribution in [0.4, 0.5) is 24.7 Å². The van der Waals surface area contributed by atoms with Crippen molar-refractivity contribution in [2.24, 2.45) is 0 Å². The number of carbonyl (C=O) groups is 1. The van der Waals surface area contributed by atoms with Crippen LogP contribution in [0.5, 0.6) is 0 Å². The second kappa shape index (κ2) is 7.28. The molecule has 1 atom stereocenters. The van der Waals surface area contributed by atoms with Crippen molar-refractivity contribution in [3.63, 3.8) is 0 Å². The molecule has 3 heterocycles. The summed E-state index contributed by atoms with van der Waals surface area (Å²) < 4.78 is 42.6. The minimum Gasteiger partial charge on any atom is -0.373 e. The predicted molar refractivity (Wildman–Crippen MR) is 104 cm³/mol. The first-order chi connectivity index (χ1) is 13.9. The van der Waals surface area contributed by atoms with Crippen LogP contribution in [0.15, 0.2) is 30.7 Å². The Balaban J connectivity index is 1.88. The maximum absolute atomic E-state index is 15.0. The van der Waals surface area contributed by atoms with Gasteiger partial charge in [0.05, 0.1) is 34.7 Å². The number of amides is 1. The van der Waals surface area contributed by atoms with E-state index in [0.717, 1.165) is 0 Å². The van der Waals surface area contributed by atoms with Crippen LogP contribution >= 0.6 is 11.6 Å². The number of pyridine rings is 1. The summed E-state index contributed by atoms with van der Waals surface area (Å²) in [5.74, 6) is -0.511. The predicted octanol–water partition coefficient (Wildman–Crippen LogP) is 4.30. The van der Waals surface area contributed by atoms with Crippen LogP contribution in [0.25, 0.3) is 27.7 Å². The largest absolute Gasteiger partial charge is 0.373 e. The van der Waals surface area contributed by atoms with Crippen LogP contribution in [0, 0.1) is 5.82 Å². The zero-order chi connectivity index (χ0) is 20.7. The fourth-order valence-electron chi connectivity index (χ4n) is 3.09. The van der Waals surface area contributed by atoms with E-state index in [2.05, 4.69) is 25.8 Å². The molecule has 0 fully saturated rings. The quantitative estimate of drug-likeness (QED) is 0.404. The molecule has 0 aliphatic rings. The number of rotatable bonds is 6. The number of halogens is 4. The summed E-state index contributed by atoms with van der Waals surface area (Å²) in [5, 5.41) is 11.7. The average Bonchev–Trinajstić information content (AvgIpc) is 3.31. The third kappa shape index (κ3) is 3.25. The number of aromatic nitrogens is 4. The molecule has 7 nitrogen and oxygen atoms in total. The molecule has 150 valence electrons. The Morgan fingerprint density at radius 3 is 2.83 bits per heavy atom. The van der Waals surface area contributed by atoms with Crippen LogP contribution < -0.4 is 10.6 Å². The van der Waals surface area contributed by atoms with E-state index in [-0.39, 0.29) is 16.2 Å². The van der Waals surface area contributed by atoms with Crippen molar-refractivity contribution in [1.82, 2.24) is 19.6 Å². The summed E-state index contributed by atoms with van der Waals surface area (Å²) in [6, 6.07) is 2.08. The van der Waals surface area contributed by atoms with Gasteiger partial charge in [0.15, 0.2) is 11.6 Å². The normalized spacial score (nSPS) is 12.6. The van der Waals surface area contributed by atoms with Gasteiger partial charge in [-0.3, -0.25) is 9.89 Å².